The molecule has 0 spiro atoms. The van der Waals surface area contributed by atoms with E-state index < -0.39 is 0 Å². The summed E-state index contributed by atoms with van der Waals surface area (Å²) in [6.45, 7) is 0. The molecule has 3 unspecified atom stereocenters. The Balaban J connectivity index is 1.80. The summed E-state index contributed by atoms with van der Waals surface area (Å²) >= 11 is 7.92. The molecule has 2 fully saturated rings. The third kappa shape index (κ3) is 1.70. The quantitative estimate of drug-likeness (QED) is 0.643. The molecule has 1 heterocycles. The van der Waals surface area contributed by atoms with Gasteiger partial charge < -0.3 is 0 Å². The van der Waals surface area contributed by atoms with Crippen molar-refractivity contribution < 1.29 is 0 Å². The maximum absolute atomic E-state index is 6.20. The summed E-state index contributed by atoms with van der Waals surface area (Å²) in [6, 6.07) is 2.25. The van der Waals surface area contributed by atoms with Gasteiger partial charge >= 0.3 is 0 Å². The molecule has 2 saturated carbocycles. The van der Waals surface area contributed by atoms with Crippen LogP contribution in [0.3, 0.4) is 0 Å². The number of nitrogens with two attached hydrogens (primary N) is 1. The van der Waals surface area contributed by atoms with Gasteiger partial charge in [0.15, 0.2) is 0 Å². The van der Waals surface area contributed by atoms with Crippen molar-refractivity contribution in [2.24, 2.45) is 23.6 Å². The standard InChI is InChI=1S/C12H17ClN2S/c13-9-5-6-16-12(9)11(15-14)10-7-3-1-2-4-8(7)10/h5-8,10-11,15H,1-4,14H2. The van der Waals surface area contributed by atoms with Gasteiger partial charge in [0.2, 0.25) is 0 Å². The molecule has 2 nitrogen and oxygen atoms in total. The Kier molecular flexibility index (Phi) is 2.96. The molecule has 0 radical (unpaired) electrons. The lowest BCUT2D eigenvalue weighted by Crippen LogP contribution is -2.29. The Labute approximate surface area is 105 Å². The van der Waals surface area contributed by atoms with Crippen molar-refractivity contribution in [3.63, 3.8) is 0 Å². The van der Waals surface area contributed by atoms with Crippen LogP contribution in [0.2, 0.25) is 5.02 Å². The molecule has 0 aliphatic heterocycles. The molecule has 16 heavy (non-hydrogen) atoms. The number of fused-ring (bicyclic) bond motifs is 1. The highest BCUT2D eigenvalue weighted by atomic mass is 35.5. The van der Waals surface area contributed by atoms with Gasteiger partial charge in [-0.15, -0.1) is 11.3 Å². The molecule has 1 aromatic heterocycles. The minimum absolute atomic E-state index is 0.278. The monoisotopic (exact) mass is 256 g/mol. The number of rotatable bonds is 3. The largest absolute Gasteiger partial charge is 0.271 e. The summed E-state index contributed by atoms with van der Waals surface area (Å²) < 4.78 is 0. The predicted molar refractivity (Wildman–Crippen MR) is 68.3 cm³/mol. The summed E-state index contributed by atoms with van der Waals surface area (Å²) in [7, 11) is 0. The average Bonchev–Trinajstić information content (AvgIpc) is 2.87. The summed E-state index contributed by atoms with van der Waals surface area (Å²) in [6.07, 6.45) is 5.56. The molecule has 0 bridgehead atoms. The van der Waals surface area contributed by atoms with Crippen molar-refractivity contribution in [3.05, 3.63) is 21.3 Å². The van der Waals surface area contributed by atoms with Gasteiger partial charge in [-0.25, -0.2) is 0 Å². The first kappa shape index (κ1) is 11.0. The van der Waals surface area contributed by atoms with Crippen molar-refractivity contribution in [3.8, 4) is 0 Å². The maximum atomic E-state index is 6.20. The lowest BCUT2D eigenvalue weighted by Gasteiger charge is -2.15. The first-order chi connectivity index (χ1) is 7.83. The van der Waals surface area contributed by atoms with Gasteiger partial charge in [0.1, 0.15) is 0 Å². The average molecular weight is 257 g/mol. The fourth-order valence-electron chi connectivity index (χ4n) is 3.43. The summed E-state index contributed by atoms with van der Waals surface area (Å²) in [4.78, 5) is 1.23. The molecule has 2 aliphatic carbocycles. The molecule has 4 heteroatoms. The molecule has 0 amide bonds. The molecule has 3 N–H and O–H groups in total. The SMILES string of the molecule is NNC(c1sccc1Cl)C1C2CCCCC21. The number of hydrogen-bond acceptors (Lipinski definition) is 3. The molecule has 0 saturated heterocycles. The Morgan fingerprint density at radius 1 is 1.38 bits per heavy atom. The topological polar surface area (TPSA) is 38.0 Å². The minimum atomic E-state index is 0.278. The maximum Gasteiger partial charge on any atom is 0.0601 e. The van der Waals surface area contributed by atoms with Gasteiger partial charge in [0.05, 0.1) is 11.1 Å². The van der Waals surface area contributed by atoms with Crippen molar-refractivity contribution in [2.45, 2.75) is 31.7 Å². The summed E-state index contributed by atoms with van der Waals surface area (Å²) in [5.41, 5.74) is 2.99. The van der Waals surface area contributed by atoms with Crippen LogP contribution >= 0.6 is 22.9 Å². The van der Waals surface area contributed by atoms with Gasteiger partial charge in [-0.1, -0.05) is 24.4 Å². The van der Waals surface area contributed by atoms with E-state index in [0.717, 1.165) is 22.8 Å². The van der Waals surface area contributed by atoms with Crippen molar-refractivity contribution in [1.82, 2.24) is 5.43 Å². The second-order valence-corrected chi connectivity index (χ2v) is 6.32. The van der Waals surface area contributed by atoms with Crippen LogP contribution in [0.5, 0.6) is 0 Å². The zero-order valence-corrected chi connectivity index (χ0v) is 10.7. The third-order valence-electron chi connectivity index (χ3n) is 4.21. The van der Waals surface area contributed by atoms with Crippen LogP contribution in [0.25, 0.3) is 0 Å². The van der Waals surface area contributed by atoms with Crippen LogP contribution in [-0.4, -0.2) is 0 Å². The normalized spacial score (nSPS) is 34.5. The zero-order chi connectivity index (χ0) is 11.1. The van der Waals surface area contributed by atoms with Crippen LogP contribution in [0.15, 0.2) is 11.4 Å². The first-order valence-corrected chi connectivity index (χ1v) is 7.27. The van der Waals surface area contributed by atoms with E-state index in [1.54, 1.807) is 11.3 Å². The van der Waals surface area contributed by atoms with Crippen LogP contribution in [0.1, 0.15) is 36.6 Å². The number of hydrogen-bond donors (Lipinski definition) is 2. The van der Waals surface area contributed by atoms with E-state index in [2.05, 4.69) is 5.43 Å². The van der Waals surface area contributed by atoms with Crippen LogP contribution < -0.4 is 11.3 Å². The van der Waals surface area contributed by atoms with E-state index in [1.807, 2.05) is 11.4 Å². The summed E-state index contributed by atoms with van der Waals surface area (Å²) in [5, 5.41) is 2.92. The number of hydrazine groups is 1. The predicted octanol–water partition coefficient (Wildman–Crippen LogP) is 3.34. The second-order valence-electron chi connectivity index (χ2n) is 4.97. The number of thiophene rings is 1. The number of nitrogens with one attached hydrogen (secondary N) is 1. The van der Waals surface area contributed by atoms with Crippen LogP contribution in [-0.2, 0) is 0 Å². The number of halogens is 1. The Hall–Kier alpha value is -0.0900. The Morgan fingerprint density at radius 3 is 2.56 bits per heavy atom. The lowest BCUT2D eigenvalue weighted by molar-refractivity contribution is 0.463. The van der Waals surface area contributed by atoms with Crippen molar-refractivity contribution >= 4 is 22.9 Å². The van der Waals surface area contributed by atoms with Gasteiger partial charge in [-0.3, -0.25) is 11.3 Å². The Morgan fingerprint density at radius 2 is 2.06 bits per heavy atom. The molecule has 3 rings (SSSR count). The minimum Gasteiger partial charge on any atom is -0.271 e. The van der Waals surface area contributed by atoms with Gasteiger partial charge in [-0.2, -0.15) is 0 Å². The van der Waals surface area contributed by atoms with E-state index in [-0.39, 0.29) is 6.04 Å². The van der Waals surface area contributed by atoms with Crippen molar-refractivity contribution in [2.75, 3.05) is 0 Å². The van der Waals surface area contributed by atoms with Gasteiger partial charge in [-0.05, 0) is 42.0 Å². The van der Waals surface area contributed by atoms with Gasteiger partial charge in [0.25, 0.3) is 0 Å². The van der Waals surface area contributed by atoms with E-state index in [4.69, 9.17) is 17.4 Å². The van der Waals surface area contributed by atoms with E-state index in [9.17, 15) is 0 Å². The molecule has 88 valence electrons. The van der Waals surface area contributed by atoms with Crippen molar-refractivity contribution in [1.29, 1.82) is 0 Å². The fourth-order valence-corrected chi connectivity index (χ4v) is 4.72. The first-order valence-electron chi connectivity index (χ1n) is 6.02. The summed E-state index contributed by atoms with van der Waals surface area (Å²) in [5.74, 6) is 8.24. The molecular formula is C12H17ClN2S. The molecule has 1 aromatic rings. The lowest BCUT2D eigenvalue weighted by atomic mass is 10.0. The molecule has 3 atom stereocenters. The van der Waals surface area contributed by atoms with Gasteiger partial charge in [0, 0.05) is 4.88 Å². The molecule has 2 aliphatic rings. The fraction of sp³-hybridized carbons (Fsp3) is 0.667. The highest BCUT2D eigenvalue weighted by Gasteiger charge is 2.54. The molecular weight excluding hydrogens is 240 g/mol. The van der Waals surface area contributed by atoms with E-state index in [0.29, 0.717) is 0 Å². The van der Waals surface area contributed by atoms with E-state index in [1.165, 1.54) is 30.6 Å². The van der Waals surface area contributed by atoms with Crippen LogP contribution in [0, 0.1) is 17.8 Å². The highest BCUT2D eigenvalue weighted by Crippen LogP contribution is 2.61. The third-order valence-corrected chi connectivity index (χ3v) is 5.66. The Bertz CT molecular complexity index is 367. The zero-order valence-electron chi connectivity index (χ0n) is 9.16. The van der Waals surface area contributed by atoms with Crippen LogP contribution in [0.4, 0.5) is 0 Å². The highest BCUT2D eigenvalue weighted by molar-refractivity contribution is 7.10. The van der Waals surface area contributed by atoms with E-state index >= 15 is 0 Å². The smallest absolute Gasteiger partial charge is 0.0601 e. The second kappa shape index (κ2) is 4.30. The molecule has 0 aromatic carbocycles.